The number of amides is 2. The molecule has 2 rings (SSSR count). The second kappa shape index (κ2) is 11.2. The van der Waals surface area contributed by atoms with Crippen molar-refractivity contribution in [2.75, 3.05) is 6.54 Å². The van der Waals surface area contributed by atoms with Gasteiger partial charge >= 0.3 is 6.09 Å². The number of unbranched alkanes of at least 4 members (excludes halogenated alkanes) is 2. The van der Waals surface area contributed by atoms with E-state index in [1.165, 1.54) is 0 Å². The molecule has 2 aromatic carbocycles. The number of carbonyl (C=O) groups is 2. The predicted molar refractivity (Wildman–Crippen MR) is 116 cm³/mol. The van der Waals surface area contributed by atoms with Crippen LogP contribution in [0.25, 0.3) is 0 Å². The van der Waals surface area contributed by atoms with Gasteiger partial charge < -0.3 is 15.4 Å². The van der Waals surface area contributed by atoms with Crippen molar-refractivity contribution in [2.24, 2.45) is 0 Å². The normalized spacial score (nSPS) is 11.2. The van der Waals surface area contributed by atoms with Gasteiger partial charge in [-0.15, -0.1) is 0 Å². The van der Waals surface area contributed by atoms with Crippen LogP contribution in [-0.2, 0) is 9.53 Å². The molecule has 156 valence electrons. The number of rotatable bonds is 9. The van der Waals surface area contributed by atoms with Crippen molar-refractivity contribution in [1.29, 1.82) is 0 Å². The molecule has 0 bridgehead atoms. The first-order valence-electron chi connectivity index (χ1n) is 10.2. The van der Waals surface area contributed by atoms with Crippen LogP contribution in [0.15, 0.2) is 60.7 Å². The van der Waals surface area contributed by atoms with Crippen LogP contribution in [-0.4, -0.2) is 24.1 Å². The molecule has 0 fully saturated rings. The summed E-state index contributed by atoms with van der Waals surface area (Å²) in [6.07, 6.45) is 2.52. The topological polar surface area (TPSA) is 67.4 Å². The summed E-state index contributed by atoms with van der Waals surface area (Å²) >= 11 is 0. The van der Waals surface area contributed by atoms with Crippen LogP contribution in [0.2, 0.25) is 0 Å². The van der Waals surface area contributed by atoms with Crippen LogP contribution in [0, 0.1) is 0 Å². The van der Waals surface area contributed by atoms with E-state index in [1.807, 2.05) is 81.4 Å². The Morgan fingerprint density at radius 2 is 1.41 bits per heavy atom. The lowest BCUT2D eigenvalue weighted by molar-refractivity contribution is -0.121. The maximum atomic E-state index is 12.5. The highest BCUT2D eigenvalue weighted by Crippen LogP contribution is 2.22. The first-order chi connectivity index (χ1) is 13.8. The summed E-state index contributed by atoms with van der Waals surface area (Å²) in [6.45, 7) is 6.06. The summed E-state index contributed by atoms with van der Waals surface area (Å²) in [5.74, 6) is 0.0304. The van der Waals surface area contributed by atoms with Gasteiger partial charge in [0.05, 0.1) is 6.04 Å². The minimum absolute atomic E-state index is 0.0304. The van der Waals surface area contributed by atoms with Crippen LogP contribution >= 0.6 is 0 Å². The lowest BCUT2D eigenvalue weighted by atomic mass is 9.98. The van der Waals surface area contributed by atoms with Crippen LogP contribution < -0.4 is 10.6 Å². The van der Waals surface area contributed by atoms with Crippen molar-refractivity contribution >= 4 is 12.0 Å². The van der Waals surface area contributed by atoms with Crippen molar-refractivity contribution in [2.45, 2.75) is 58.1 Å². The number of nitrogens with one attached hydrogen (secondary N) is 2. The summed E-state index contributed by atoms with van der Waals surface area (Å²) in [5, 5.41) is 5.90. The molecule has 2 amide bonds. The van der Waals surface area contributed by atoms with Crippen LogP contribution in [0.1, 0.15) is 63.6 Å². The van der Waals surface area contributed by atoms with Crippen molar-refractivity contribution in [3.63, 3.8) is 0 Å². The Balaban J connectivity index is 1.75. The van der Waals surface area contributed by atoms with Crippen molar-refractivity contribution < 1.29 is 14.3 Å². The minimum Gasteiger partial charge on any atom is -0.444 e. The third-order valence-electron chi connectivity index (χ3n) is 4.32. The molecule has 0 aliphatic carbocycles. The zero-order chi connectivity index (χ0) is 21.1. The number of hydrogen-bond acceptors (Lipinski definition) is 3. The fraction of sp³-hybridized carbons (Fsp3) is 0.417. The molecule has 0 saturated carbocycles. The third kappa shape index (κ3) is 8.81. The lowest BCUT2D eigenvalue weighted by Crippen LogP contribution is -2.33. The van der Waals surface area contributed by atoms with Gasteiger partial charge in [-0.2, -0.15) is 0 Å². The molecule has 0 spiro atoms. The highest BCUT2D eigenvalue weighted by atomic mass is 16.6. The summed E-state index contributed by atoms with van der Waals surface area (Å²) in [6, 6.07) is 19.8. The zero-order valence-corrected chi connectivity index (χ0v) is 17.6. The highest BCUT2D eigenvalue weighted by Gasteiger charge is 2.17. The molecule has 2 aromatic rings. The molecule has 29 heavy (non-hydrogen) atoms. The van der Waals surface area contributed by atoms with Gasteiger partial charge in [0.15, 0.2) is 0 Å². The van der Waals surface area contributed by atoms with Gasteiger partial charge in [-0.05, 0) is 44.7 Å². The Morgan fingerprint density at radius 3 is 1.93 bits per heavy atom. The van der Waals surface area contributed by atoms with Gasteiger partial charge in [-0.3, -0.25) is 4.79 Å². The van der Waals surface area contributed by atoms with E-state index in [4.69, 9.17) is 4.74 Å². The number of hydrogen-bond donors (Lipinski definition) is 2. The van der Waals surface area contributed by atoms with E-state index in [1.54, 1.807) is 0 Å². The standard InChI is InChI=1S/C24H32N2O3/c1-24(2,3)29-23(28)25-18-12-6-11-17-21(27)26-22(19-13-7-4-8-14-19)20-15-9-5-10-16-20/h4-5,7-10,13-16,22H,6,11-12,17-18H2,1-3H3,(H,25,28)(H,26,27). The first kappa shape index (κ1) is 22.5. The molecule has 0 heterocycles. The van der Waals surface area contributed by atoms with E-state index in [0.29, 0.717) is 13.0 Å². The fourth-order valence-corrected chi connectivity index (χ4v) is 2.98. The summed E-state index contributed by atoms with van der Waals surface area (Å²) in [4.78, 5) is 24.1. The van der Waals surface area contributed by atoms with Crippen LogP contribution in [0.5, 0.6) is 0 Å². The zero-order valence-electron chi connectivity index (χ0n) is 17.6. The average Bonchev–Trinajstić information content (AvgIpc) is 2.69. The molecule has 0 atom stereocenters. The van der Waals surface area contributed by atoms with Gasteiger partial charge in [0.1, 0.15) is 5.60 Å². The van der Waals surface area contributed by atoms with Gasteiger partial charge in [-0.1, -0.05) is 67.1 Å². The summed E-state index contributed by atoms with van der Waals surface area (Å²) in [5.41, 5.74) is 1.64. The molecule has 0 aliphatic rings. The molecule has 0 unspecified atom stereocenters. The Labute approximate surface area is 173 Å². The van der Waals surface area contributed by atoms with Crippen molar-refractivity contribution in [3.8, 4) is 0 Å². The second-order valence-corrected chi connectivity index (χ2v) is 8.06. The van der Waals surface area contributed by atoms with Gasteiger partial charge in [-0.25, -0.2) is 4.79 Å². The third-order valence-corrected chi connectivity index (χ3v) is 4.32. The number of alkyl carbamates (subject to hydrolysis) is 1. The Bertz CT molecular complexity index is 715. The molecular formula is C24H32N2O3. The van der Waals surface area contributed by atoms with Crippen LogP contribution in [0.4, 0.5) is 4.79 Å². The maximum Gasteiger partial charge on any atom is 0.407 e. The summed E-state index contributed by atoms with van der Waals surface area (Å²) < 4.78 is 5.20. The Kier molecular flexibility index (Phi) is 8.71. The van der Waals surface area contributed by atoms with Gasteiger partial charge in [0.25, 0.3) is 0 Å². The molecule has 5 nitrogen and oxygen atoms in total. The largest absolute Gasteiger partial charge is 0.444 e. The molecule has 0 aliphatic heterocycles. The number of ether oxygens (including phenoxy) is 1. The van der Waals surface area contributed by atoms with Gasteiger partial charge in [0.2, 0.25) is 5.91 Å². The summed E-state index contributed by atoms with van der Waals surface area (Å²) in [7, 11) is 0. The van der Waals surface area contributed by atoms with E-state index in [2.05, 4.69) is 10.6 Å². The minimum atomic E-state index is -0.490. The predicted octanol–water partition coefficient (Wildman–Crippen LogP) is 4.98. The van der Waals surface area contributed by atoms with E-state index >= 15 is 0 Å². The lowest BCUT2D eigenvalue weighted by Gasteiger charge is -2.20. The van der Waals surface area contributed by atoms with E-state index in [0.717, 1.165) is 30.4 Å². The average molecular weight is 397 g/mol. The highest BCUT2D eigenvalue weighted by molar-refractivity contribution is 5.77. The quantitative estimate of drug-likeness (QED) is 0.588. The monoisotopic (exact) mass is 396 g/mol. The maximum absolute atomic E-state index is 12.5. The Hall–Kier alpha value is -2.82. The molecular weight excluding hydrogens is 364 g/mol. The van der Waals surface area contributed by atoms with E-state index in [9.17, 15) is 9.59 Å². The molecule has 0 saturated heterocycles. The SMILES string of the molecule is CC(C)(C)OC(=O)NCCCCCC(=O)NC(c1ccccc1)c1ccccc1. The molecule has 2 N–H and O–H groups in total. The van der Waals surface area contributed by atoms with E-state index in [-0.39, 0.29) is 11.9 Å². The fourth-order valence-electron chi connectivity index (χ4n) is 2.98. The molecule has 5 heteroatoms. The van der Waals surface area contributed by atoms with Crippen LogP contribution in [0.3, 0.4) is 0 Å². The molecule has 0 aromatic heterocycles. The first-order valence-corrected chi connectivity index (χ1v) is 10.2. The Morgan fingerprint density at radius 1 is 0.862 bits per heavy atom. The molecule has 0 radical (unpaired) electrons. The number of carbonyl (C=O) groups excluding carboxylic acids is 2. The van der Waals surface area contributed by atoms with E-state index < -0.39 is 11.7 Å². The second-order valence-electron chi connectivity index (χ2n) is 8.06. The van der Waals surface area contributed by atoms with Crippen molar-refractivity contribution in [1.82, 2.24) is 10.6 Å². The number of benzene rings is 2. The van der Waals surface area contributed by atoms with Crippen molar-refractivity contribution in [3.05, 3.63) is 71.8 Å². The smallest absolute Gasteiger partial charge is 0.407 e. The van der Waals surface area contributed by atoms with Gasteiger partial charge in [0, 0.05) is 13.0 Å².